The van der Waals surface area contributed by atoms with Gasteiger partial charge < -0.3 is 16.2 Å². The van der Waals surface area contributed by atoms with E-state index in [2.05, 4.69) is 5.32 Å². The van der Waals surface area contributed by atoms with E-state index in [1.54, 1.807) is 19.1 Å². The average Bonchev–Trinajstić information content (AvgIpc) is 2.33. The number of carboxylic acids is 1. The van der Waals surface area contributed by atoms with E-state index in [1.807, 2.05) is 0 Å². The van der Waals surface area contributed by atoms with E-state index in [0.717, 1.165) is 5.56 Å². The molecule has 1 atom stereocenters. The molecule has 0 saturated heterocycles. The van der Waals surface area contributed by atoms with Gasteiger partial charge in [-0.25, -0.2) is 4.39 Å². The first-order valence-corrected chi connectivity index (χ1v) is 5.90. The van der Waals surface area contributed by atoms with Gasteiger partial charge >= 0.3 is 5.97 Å². The van der Waals surface area contributed by atoms with Gasteiger partial charge in [-0.15, -0.1) is 0 Å². The highest BCUT2D eigenvalue weighted by molar-refractivity contribution is 5.84. The quantitative estimate of drug-likeness (QED) is 0.704. The van der Waals surface area contributed by atoms with Gasteiger partial charge in [0.25, 0.3) is 0 Å². The lowest BCUT2D eigenvalue weighted by atomic mass is 10.1. The van der Waals surface area contributed by atoms with Crippen molar-refractivity contribution >= 4 is 11.9 Å². The lowest BCUT2D eigenvalue weighted by molar-refractivity contribution is -0.140. The Morgan fingerprint density at radius 3 is 2.74 bits per heavy atom. The lowest BCUT2D eigenvalue weighted by Gasteiger charge is -2.08. The molecule has 0 heterocycles. The van der Waals surface area contributed by atoms with E-state index in [4.69, 9.17) is 10.8 Å². The maximum absolute atomic E-state index is 13.0. The third-order valence-electron chi connectivity index (χ3n) is 2.68. The second-order valence-electron chi connectivity index (χ2n) is 4.33. The molecule has 1 unspecified atom stereocenters. The Labute approximate surface area is 110 Å². The van der Waals surface area contributed by atoms with E-state index in [1.165, 1.54) is 6.07 Å². The first-order valence-electron chi connectivity index (χ1n) is 5.90. The van der Waals surface area contributed by atoms with Crippen LogP contribution in [0.5, 0.6) is 0 Å². The van der Waals surface area contributed by atoms with E-state index in [-0.39, 0.29) is 12.2 Å². The number of carboxylic acid groups (broad SMARTS) is 1. The predicted octanol–water partition coefficient (Wildman–Crippen LogP) is 0.595. The van der Waals surface area contributed by atoms with Gasteiger partial charge in [0, 0.05) is 6.54 Å². The number of carbonyl (C=O) groups is 2. The number of carbonyl (C=O) groups excluding carboxylic acids is 1. The highest BCUT2D eigenvalue weighted by atomic mass is 19.1. The summed E-state index contributed by atoms with van der Waals surface area (Å²) in [5.41, 5.74) is 6.69. The molecule has 5 nitrogen and oxygen atoms in total. The molecule has 0 radical (unpaired) electrons. The van der Waals surface area contributed by atoms with Crippen LogP contribution in [-0.2, 0) is 16.0 Å². The second-order valence-corrected chi connectivity index (χ2v) is 4.33. The highest BCUT2D eigenvalue weighted by Gasteiger charge is 2.15. The normalized spacial score (nSPS) is 11.9. The SMILES string of the molecule is Cc1cc(CCNC(=O)CC(N)C(=O)O)ccc1F. The van der Waals surface area contributed by atoms with Gasteiger partial charge in [0.15, 0.2) is 0 Å². The minimum absolute atomic E-state index is 0.252. The fraction of sp³-hybridized carbons (Fsp3) is 0.385. The average molecular weight is 268 g/mol. The van der Waals surface area contributed by atoms with Crippen molar-refractivity contribution in [2.45, 2.75) is 25.8 Å². The summed E-state index contributed by atoms with van der Waals surface area (Å²) >= 11 is 0. The maximum Gasteiger partial charge on any atom is 0.321 e. The van der Waals surface area contributed by atoms with Gasteiger partial charge in [-0.05, 0) is 30.5 Å². The molecule has 0 saturated carbocycles. The first kappa shape index (κ1) is 15.1. The zero-order valence-electron chi connectivity index (χ0n) is 10.6. The summed E-state index contributed by atoms with van der Waals surface area (Å²) < 4.78 is 13.0. The summed E-state index contributed by atoms with van der Waals surface area (Å²) in [6.07, 6.45) is 0.299. The maximum atomic E-state index is 13.0. The Morgan fingerprint density at radius 1 is 1.47 bits per heavy atom. The Balaban J connectivity index is 2.35. The van der Waals surface area contributed by atoms with Crippen molar-refractivity contribution in [1.29, 1.82) is 0 Å². The molecule has 0 aliphatic rings. The third-order valence-corrected chi connectivity index (χ3v) is 2.68. The molecular formula is C13H17FN2O3. The summed E-state index contributed by atoms with van der Waals surface area (Å²) in [5, 5.41) is 11.1. The summed E-state index contributed by atoms with van der Waals surface area (Å²) in [6.45, 7) is 2.03. The molecule has 1 rings (SSSR count). The molecule has 4 N–H and O–H groups in total. The molecule has 19 heavy (non-hydrogen) atoms. The molecule has 0 fully saturated rings. The smallest absolute Gasteiger partial charge is 0.321 e. The molecule has 1 aromatic rings. The number of amides is 1. The number of benzene rings is 1. The topological polar surface area (TPSA) is 92.4 Å². The molecule has 104 valence electrons. The van der Waals surface area contributed by atoms with Crippen LogP contribution in [0.3, 0.4) is 0 Å². The van der Waals surface area contributed by atoms with Gasteiger partial charge in [0.2, 0.25) is 5.91 Å². The van der Waals surface area contributed by atoms with E-state index < -0.39 is 17.9 Å². The van der Waals surface area contributed by atoms with Crippen LogP contribution in [0.15, 0.2) is 18.2 Å². The molecule has 0 aromatic heterocycles. The number of nitrogens with one attached hydrogen (secondary N) is 1. The van der Waals surface area contributed by atoms with E-state index in [0.29, 0.717) is 18.5 Å². The number of hydrogen-bond acceptors (Lipinski definition) is 3. The van der Waals surface area contributed by atoms with E-state index in [9.17, 15) is 14.0 Å². The summed E-state index contributed by atoms with van der Waals surface area (Å²) in [4.78, 5) is 21.8. The predicted molar refractivity (Wildman–Crippen MR) is 68.1 cm³/mol. The number of nitrogens with two attached hydrogens (primary N) is 1. The highest BCUT2D eigenvalue weighted by Crippen LogP contribution is 2.09. The zero-order chi connectivity index (χ0) is 14.4. The van der Waals surface area contributed by atoms with Crippen molar-refractivity contribution in [3.8, 4) is 0 Å². The van der Waals surface area contributed by atoms with Crippen LogP contribution >= 0.6 is 0 Å². The number of hydrogen-bond donors (Lipinski definition) is 3. The van der Waals surface area contributed by atoms with Gasteiger partial charge in [-0.2, -0.15) is 0 Å². The molecule has 1 aromatic carbocycles. The number of rotatable bonds is 6. The van der Waals surface area contributed by atoms with Gasteiger partial charge in [0.05, 0.1) is 6.42 Å². The number of aliphatic carboxylic acids is 1. The molecular weight excluding hydrogens is 251 g/mol. The van der Waals surface area contributed by atoms with Crippen molar-refractivity contribution in [3.63, 3.8) is 0 Å². The summed E-state index contributed by atoms with van der Waals surface area (Å²) in [6, 6.07) is 3.56. The summed E-state index contributed by atoms with van der Waals surface area (Å²) in [7, 11) is 0. The molecule has 0 aliphatic heterocycles. The van der Waals surface area contributed by atoms with Crippen molar-refractivity contribution in [2.75, 3.05) is 6.54 Å². The zero-order valence-corrected chi connectivity index (χ0v) is 10.6. The minimum atomic E-state index is -1.20. The molecule has 0 spiro atoms. The van der Waals surface area contributed by atoms with Crippen molar-refractivity contribution in [1.82, 2.24) is 5.32 Å². The molecule has 1 amide bonds. The van der Waals surface area contributed by atoms with Crippen LogP contribution < -0.4 is 11.1 Å². The third kappa shape index (κ3) is 5.05. The lowest BCUT2D eigenvalue weighted by Crippen LogP contribution is -2.37. The second kappa shape index (κ2) is 6.84. The minimum Gasteiger partial charge on any atom is -0.480 e. The van der Waals surface area contributed by atoms with Crippen LogP contribution in [0.2, 0.25) is 0 Å². The Kier molecular flexibility index (Phi) is 5.44. The monoisotopic (exact) mass is 268 g/mol. The van der Waals surface area contributed by atoms with Crippen molar-refractivity contribution < 1.29 is 19.1 Å². The van der Waals surface area contributed by atoms with Crippen LogP contribution in [-0.4, -0.2) is 29.6 Å². The Hall–Kier alpha value is -1.95. The number of halogens is 1. The number of aryl methyl sites for hydroxylation is 1. The van der Waals surface area contributed by atoms with Crippen LogP contribution in [0.1, 0.15) is 17.5 Å². The standard InChI is InChI=1S/C13H17FN2O3/c1-8-6-9(2-3-10(8)14)4-5-16-12(17)7-11(15)13(18)19/h2-3,6,11H,4-5,7,15H2,1H3,(H,16,17)(H,18,19). The van der Waals surface area contributed by atoms with Crippen molar-refractivity contribution in [3.05, 3.63) is 35.1 Å². The van der Waals surface area contributed by atoms with Gasteiger partial charge in [-0.3, -0.25) is 9.59 Å². The largest absolute Gasteiger partial charge is 0.480 e. The fourth-order valence-electron chi connectivity index (χ4n) is 1.57. The first-order chi connectivity index (χ1) is 8.90. The Morgan fingerprint density at radius 2 is 2.16 bits per heavy atom. The molecule has 0 aliphatic carbocycles. The van der Waals surface area contributed by atoms with Gasteiger partial charge in [0.1, 0.15) is 11.9 Å². The van der Waals surface area contributed by atoms with Crippen LogP contribution in [0.25, 0.3) is 0 Å². The molecule has 0 bridgehead atoms. The summed E-state index contributed by atoms with van der Waals surface area (Å²) in [5.74, 6) is -1.88. The van der Waals surface area contributed by atoms with E-state index >= 15 is 0 Å². The fourth-order valence-corrected chi connectivity index (χ4v) is 1.57. The van der Waals surface area contributed by atoms with Gasteiger partial charge in [-0.1, -0.05) is 12.1 Å². The van der Waals surface area contributed by atoms with Crippen molar-refractivity contribution in [2.24, 2.45) is 5.73 Å². The Bertz CT molecular complexity index is 477. The molecule has 6 heteroatoms. The van der Waals surface area contributed by atoms with Crippen LogP contribution in [0, 0.1) is 12.7 Å². The van der Waals surface area contributed by atoms with Crippen LogP contribution in [0.4, 0.5) is 4.39 Å².